The number of carbonyl (C=O) groups is 1. The van der Waals surface area contributed by atoms with Gasteiger partial charge in [-0.2, -0.15) is 5.10 Å². The lowest BCUT2D eigenvalue weighted by Crippen LogP contribution is -2.44. The molecule has 1 N–H and O–H groups in total. The topological polar surface area (TPSA) is 93.3 Å². The zero-order valence-electron chi connectivity index (χ0n) is 17.4. The molecule has 4 rings (SSSR count). The summed E-state index contributed by atoms with van der Waals surface area (Å²) in [5.41, 5.74) is 3.40. The summed E-state index contributed by atoms with van der Waals surface area (Å²) in [6.45, 7) is 4.89. The van der Waals surface area contributed by atoms with E-state index in [4.69, 9.17) is 0 Å². The van der Waals surface area contributed by atoms with Gasteiger partial charge < -0.3 is 5.32 Å². The summed E-state index contributed by atoms with van der Waals surface area (Å²) in [7, 11) is 0. The molecule has 0 bridgehead atoms. The zero-order valence-corrected chi connectivity index (χ0v) is 17.4. The van der Waals surface area contributed by atoms with E-state index in [1.165, 1.54) is 27.9 Å². The molecule has 8 nitrogen and oxygen atoms in total. The summed E-state index contributed by atoms with van der Waals surface area (Å²) in [4.78, 5) is 25.6. The first-order valence-corrected chi connectivity index (χ1v) is 10.4. The van der Waals surface area contributed by atoms with Crippen LogP contribution in [0.3, 0.4) is 0 Å². The Hall–Kier alpha value is -3.52. The second-order valence-corrected chi connectivity index (χ2v) is 7.94. The van der Waals surface area contributed by atoms with Gasteiger partial charge in [0.2, 0.25) is 0 Å². The van der Waals surface area contributed by atoms with Gasteiger partial charge in [0, 0.05) is 44.0 Å². The van der Waals surface area contributed by atoms with Crippen LogP contribution in [-0.4, -0.2) is 44.6 Å². The summed E-state index contributed by atoms with van der Waals surface area (Å²) in [6, 6.07) is 16.5. The van der Waals surface area contributed by atoms with Crippen molar-refractivity contribution in [2.45, 2.75) is 32.4 Å². The Morgan fingerprint density at radius 3 is 2.68 bits per heavy atom. The molecular weight excluding hydrogens is 394 g/mol. The second kappa shape index (κ2) is 9.09. The number of non-ortho nitro benzene ring substituents is 1. The van der Waals surface area contributed by atoms with E-state index in [1.807, 2.05) is 0 Å². The second-order valence-electron chi connectivity index (χ2n) is 7.94. The van der Waals surface area contributed by atoms with Crippen LogP contribution in [0, 0.1) is 17.0 Å². The number of nitrogens with zero attached hydrogens (tertiary/aromatic N) is 4. The van der Waals surface area contributed by atoms with E-state index >= 15 is 0 Å². The highest BCUT2D eigenvalue weighted by Crippen LogP contribution is 2.17. The average Bonchev–Trinajstić information content (AvgIpc) is 3.26. The number of nitrogens with one attached hydrogen (secondary N) is 1. The van der Waals surface area contributed by atoms with Crippen LogP contribution < -0.4 is 5.32 Å². The summed E-state index contributed by atoms with van der Waals surface area (Å²) in [6.07, 6.45) is 3.42. The maximum absolute atomic E-state index is 12.6. The van der Waals surface area contributed by atoms with Crippen molar-refractivity contribution in [3.8, 4) is 5.69 Å². The number of piperidine rings is 1. The van der Waals surface area contributed by atoms with Gasteiger partial charge in [-0.15, -0.1) is 0 Å². The Morgan fingerprint density at radius 2 is 1.94 bits per heavy atom. The third kappa shape index (κ3) is 5.16. The number of carbonyl (C=O) groups excluding carboxylic acids is 1. The Morgan fingerprint density at radius 1 is 1.16 bits per heavy atom. The number of hydrogen-bond acceptors (Lipinski definition) is 5. The number of benzene rings is 2. The highest BCUT2D eigenvalue weighted by Gasteiger charge is 2.22. The molecular formula is C23H25N5O3. The van der Waals surface area contributed by atoms with Gasteiger partial charge in [-0.05, 0) is 37.5 Å². The largest absolute Gasteiger partial charge is 0.348 e. The normalized spacial score (nSPS) is 15.0. The molecule has 1 fully saturated rings. The lowest BCUT2D eigenvalue weighted by molar-refractivity contribution is -0.384. The number of aromatic nitrogens is 2. The molecule has 1 saturated heterocycles. The van der Waals surface area contributed by atoms with E-state index in [9.17, 15) is 14.9 Å². The summed E-state index contributed by atoms with van der Waals surface area (Å²) in [5.74, 6) is -0.221. The van der Waals surface area contributed by atoms with E-state index in [2.05, 4.69) is 46.5 Å². The quantitative estimate of drug-likeness (QED) is 0.488. The molecule has 3 aromatic rings. The Labute approximate surface area is 180 Å². The molecule has 1 aliphatic heterocycles. The van der Waals surface area contributed by atoms with Crippen molar-refractivity contribution >= 4 is 11.6 Å². The van der Waals surface area contributed by atoms with Crippen LogP contribution in [-0.2, 0) is 6.54 Å². The highest BCUT2D eigenvalue weighted by molar-refractivity contribution is 5.92. The van der Waals surface area contributed by atoms with Gasteiger partial charge in [-0.1, -0.05) is 35.9 Å². The summed E-state index contributed by atoms with van der Waals surface area (Å²) in [5, 5.41) is 18.3. The first-order chi connectivity index (χ1) is 15.0. The van der Waals surface area contributed by atoms with Gasteiger partial charge in [0.1, 0.15) is 0 Å². The molecule has 2 heterocycles. The number of nitro benzene ring substituents is 1. The molecule has 160 valence electrons. The van der Waals surface area contributed by atoms with Gasteiger partial charge in [0.05, 0.1) is 10.6 Å². The monoisotopic (exact) mass is 419 g/mol. The number of hydrogen-bond donors (Lipinski definition) is 1. The van der Waals surface area contributed by atoms with Crippen LogP contribution >= 0.6 is 0 Å². The third-order valence-corrected chi connectivity index (χ3v) is 5.54. The van der Waals surface area contributed by atoms with Crippen molar-refractivity contribution in [2.24, 2.45) is 0 Å². The third-order valence-electron chi connectivity index (χ3n) is 5.54. The molecule has 8 heteroatoms. The highest BCUT2D eigenvalue weighted by atomic mass is 16.6. The van der Waals surface area contributed by atoms with Crippen LogP contribution in [0.5, 0.6) is 0 Å². The van der Waals surface area contributed by atoms with Crippen LogP contribution in [0.4, 0.5) is 5.69 Å². The minimum Gasteiger partial charge on any atom is -0.348 e. The summed E-state index contributed by atoms with van der Waals surface area (Å²) >= 11 is 0. The smallest absolute Gasteiger partial charge is 0.272 e. The predicted molar refractivity (Wildman–Crippen MR) is 117 cm³/mol. The Bertz CT molecular complexity index is 1090. The Kier molecular flexibility index (Phi) is 6.08. The van der Waals surface area contributed by atoms with Crippen LogP contribution in [0.2, 0.25) is 0 Å². The van der Waals surface area contributed by atoms with Crippen LogP contribution in [0.1, 0.15) is 34.5 Å². The molecule has 0 aliphatic carbocycles. The minimum absolute atomic E-state index is 0.0172. The first-order valence-electron chi connectivity index (χ1n) is 10.4. The minimum atomic E-state index is -0.452. The van der Waals surface area contributed by atoms with Crippen molar-refractivity contribution in [1.82, 2.24) is 20.0 Å². The maximum Gasteiger partial charge on any atom is 0.272 e. The number of aryl methyl sites for hydroxylation is 1. The first kappa shape index (κ1) is 20.7. The average molecular weight is 419 g/mol. The molecule has 2 aromatic carbocycles. The molecule has 1 aromatic heterocycles. The fraction of sp³-hybridized carbons (Fsp3) is 0.304. The zero-order chi connectivity index (χ0) is 21.8. The fourth-order valence-electron chi connectivity index (χ4n) is 3.90. The molecule has 0 unspecified atom stereocenters. The molecule has 31 heavy (non-hydrogen) atoms. The van der Waals surface area contributed by atoms with Gasteiger partial charge in [0.15, 0.2) is 5.69 Å². The molecule has 1 amide bonds. The SMILES string of the molecule is Cc1cccc(CN2CCC(NC(=O)c3ccn(-c4cccc([N+](=O)[O-])c4)n3)CC2)c1. The van der Waals surface area contributed by atoms with Crippen LogP contribution in [0.15, 0.2) is 60.8 Å². The van der Waals surface area contributed by atoms with Crippen molar-refractivity contribution in [3.05, 3.63) is 87.7 Å². The standard InChI is InChI=1S/C23H25N5O3/c1-17-4-2-5-18(14-17)16-26-11-8-19(9-12-26)24-23(29)22-10-13-27(25-22)20-6-3-7-21(15-20)28(30)31/h2-7,10,13-15,19H,8-9,11-12,16H2,1H3,(H,24,29). The van der Waals surface area contributed by atoms with Crippen molar-refractivity contribution in [1.29, 1.82) is 0 Å². The number of nitro groups is 1. The van der Waals surface area contributed by atoms with E-state index in [-0.39, 0.29) is 17.6 Å². The van der Waals surface area contributed by atoms with Gasteiger partial charge in [0.25, 0.3) is 11.6 Å². The predicted octanol–water partition coefficient (Wildman–Crippen LogP) is 3.48. The maximum atomic E-state index is 12.6. The van der Waals surface area contributed by atoms with Gasteiger partial charge in [-0.3, -0.25) is 19.8 Å². The number of amides is 1. The van der Waals surface area contributed by atoms with Gasteiger partial charge in [-0.25, -0.2) is 4.68 Å². The van der Waals surface area contributed by atoms with Crippen LogP contribution in [0.25, 0.3) is 5.69 Å². The number of likely N-dealkylation sites (tertiary alicyclic amines) is 1. The van der Waals surface area contributed by atoms with E-state index < -0.39 is 4.92 Å². The lowest BCUT2D eigenvalue weighted by Gasteiger charge is -2.32. The van der Waals surface area contributed by atoms with E-state index in [0.29, 0.717) is 11.4 Å². The number of rotatable bonds is 6. The molecule has 0 saturated carbocycles. The summed E-state index contributed by atoms with van der Waals surface area (Å²) < 4.78 is 1.48. The molecule has 0 atom stereocenters. The molecule has 0 radical (unpaired) electrons. The van der Waals surface area contributed by atoms with Gasteiger partial charge >= 0.3 is 0 Å². The lowest BCUT2D eigenvalue weighted by atomic mass is 10.0. The van der Waals surface area contributed by atoms with Crippen molar-refractivity contribution < 1.29 is 9.72 Å². The van der Waals surface area contributed by atoms with Crippen molar-refractivity contribution in [2.75, 3.05) is 13.1 Å². The molecule has 1 aliphatic rings. The van der Waals surface area contributed by atoms with Crippen molar-refractivity contribution in [3.63, 3.8) is 0 Å². The fourth-order valence-corrected chi connectivity index (χ4v) is 3.90. The van der Waals surface area contributed by atoms with E-state index in [0.717, 1.165) is 32.5 Å². The molecule has 0 spiro atoms. The van der Waals surface area contributed by atoms with E-state index in [1.54, 1.807) is 24.4 Å². The Balaban J connectivity index is 1.31.